The van der Waals surface area contributed by atoms with Crippen molar-refractivity contribution in [2.24, 2.45) is 0 Å². The molecule has 1 saturated heterocycles. The third-order valence-corrected chi connectivity index (χ3v) is 4.17. The molecule has 2 rings (SSSR count). The maximum absolute atomic E-state index is 12.9. The van der Waals surface area contributed by atoms with Crippen LogP contribution in [-0.4, -0.2) is 67.3 Å². The van der Waals surface area contributed by atoms with Crippen molar-refractivity contribution < 1.29 is 9.50 Å². The zero-order chi connectivity index (χ0) is 15.9. The van der Waals surface area contributed by atoms with Gasteiger partial charge in [-0.15, -0.1) is 37.2 Å². The molecule has 2 N–H and O–H groups in total. The van der Waals surface area contributed by atoms with Gasteiger partial charge < -0.3 is 15.3 Å². The molecule has 8 heteroatoms. The molecule has 4 nitrogen and oxygen atoms in total. The zero-order valence-electron chi connectivity index (χ0n) is 14.9. The van der Waals surface area contributed by atoms with E-state index in [2.05, 4.69) is 29.2 Å². The topological polar surface area (TPSA) is 38.7 Å². The van der Waals surface area contributed by atoms with Crippen LogP contribution in [0.15, 0.2) is 24.3 Å². The van der Waals surface area contributed by atoms with Crippen molar-refractivity contribution in [3.8, 4) is 0 Å². The van der Waals surface area contributed by atoms with Crippen molar-refractivity contribution in [2.75, 3.05) is 40.3 Å². The number of halogens is 4. The summed E-state index contributed by atoms with van der Waals surface area (Å²) in [4.78, 5) is 4.40. The summed E-state index contributed by atoms with van der Waals surface area (Å²) in [6.45, 7) is 4.40. The molecule has 0 unspecified atom stereocenters. The van der Waals surface area contributed by atoms with Crippen LogP contribution < -0.4 is 5.32 Å². The third-order valence-electron chi connectivity index (χ3n) is 4.17. The summed E-state index contributed by atoms with van der Waals surface area (Å²) in [5.41, 5.74) is 1.09. The Kier molecular flexibility index (Phi) is 15.1. The summed E-state index contributed by atoms with van der Waals surface area (Å²) in [5, 5.41) is 13.8. The molecule has 0 radical (unpaired) electrons. The van der Waals surface area contributed by atoms with Crippen LogP contribution in [0.4, 0.5) is 4.39 Å². The first-order chi connectivity index (χ1) is 10.5. The van der Waals surface area contributed by atoms with E-state index in [0.29, 0.717) is 6.54 Å². The molecule has 1 fully saturated rings. The molecule has 1 aliphatic rings. The predicted molar refractivity (Wildman–Crippen MR) is 109 cm³/mol. The number of likely N-dealkylation sites (tertiary alicyclic amines) is 1. The van der Waals surface area contributed by atoms with Crippen LogP contribution in [0.25, 0.3) is 0 Å². The fraction of sp³-hybridized carbons (Fsp3) is 0.647. The smallest absolute Gasteiger partial charge is 0.123 e. The number of nitrogens with zero attached hydrogens (tertiary/aromatic N) is 2. The molecule has 0 aromatic heterocycles. The van der Waals surface area contributed by atoms with Crippen molar-refractivity contribution >= 4 is 37.2 Å². The van der Waals surface area contributed by atoms with Crippen molar-refractivity contribution in [3.63, 3.8) is 0 Å². The van der Waals surface area contributed by atoms with Crippen molar-refractivity contribution in [2.45, 2.75) is 31.5 Å². The number of β-amino-alcohol motifs (C(OH)–C–C–N with tert-alkyl or cyclic N) is 1. The van der Waals surface area contributed by atoms with Gasteiger partial charge in [0.05, 0.1) is 6.10 Å². The summed E-state index contributed by atoms with van der Waals surface area (Å²) >= 11 is 0. The highest BCUT2D eigenvalue weighted by molar-refractivity contribution is 5.86. The first-order valence-electron chi connectivity index (χ1n) is 8.07. The van der Waals surface area contributed by atoms with E-state index in [9.17, 15) is 9.50 Å². The van der Waals surface area contributed by atoms with Gasteiger partial charge in [0.15, 0.2) is 0 Å². The highest BCUT2D eigenvalue weighted by atomic mass is 35.5. The normalized spacial score (nSPS) is 20.4. The van der Waals surface area contributed by atoms with Gasteiger partial charge >= 0.3 is 0 Å². The first-order valence-corrected chi connectivity index (χ1v) is 8.07. The number of piperidine rings is 1. The second-order valence-electron chi connectivity index (χ2n) is 6.44. The minimum Gasteiger partial charge on any atom is -0.390 e. The van der Waals surface area contributed by atoms with Crippen LogP contribution in [0, 0.1) is 5.82 Å². The van der Waals surface area contributed by atoms with E-state index >= 15 is 0 Å². The predicted octanol–water partition coefficient (Wildman–Crippen LogP) is 2.57. The monoisotopic (exact) mass is 417 g/mol. The molecule has 1 aromatic rings. The van der Waals surface area contributed by atoms with Gasteiger partial charge in [0, 0.05) is 25.7 Å². The molecule has 1 aromatic carbocycles. The number of aliphatic hydroxyl groups excluding tert-OH is 1. The molecule has 148 valence electrons. The minimum atomic E-state index is -0.339. The van der Waals surface area contributed by atoms with Crippen LogP contribution >= 0.6 is 37.2 Å². The molecule has 25 heavy (non-hydrogen) atoms. The Labute approximate surface area is 169 Å². The highest BCUT2D eigenvalue weighted by Gasteiger charge is 2.26. The molecule has 0 saturated carbocycles. The highest BCUT2D eigenvalue weighted by Crippen LogP contribution is 2.15. The fourth-order valence-corrected chi connectivity index (χ4v) is 2.91. The number of benzene rings is 1. The lowest BCUT2D eigenvalue weighted by molar-refractivity contribution is 0.0370. The van der Waals surface area contributed by atoms with E-state index in [0.717, 1.165) is 44.6 Å². The molecule has 0 aliphatic carbocycles. The van der Waals surface area contributed by atoms with Gasteiger partial charge in [-0.1, -0.05) is 12.1 Å². The molecule has 1 heterocycles. The average Bonchev–Trinajstić information content (AvgIpc) is 2.47. The summed E-state index contributed by atoms with van der Waals surface area (Å²) in [6, 6.07) is 6.79. The van der Waals surface area contributed by atoms with Gasteiger partial charge in [0.1, 0.15) is 5.82 Å². The largest absolute Gasteiger partial charge is 0.390 e. The lowest BCUT2D eigenvalue weighted by Gasteiger charge is -2.36. The van der Waals surface area contributed by atoms with E-state index < -0.39 is 0 Å². The Hall–Kier alpha value is -0.140. The summed E-state index contributed by atoms with van der Waals surface area (Å²) in [6.07, 6.45) is 1.70. The lowest BCUT2D eigenvalue weighted by atomic mass is 10.0. The van der Waals surface area contributed by atoms with Gasteiger partial charge in [-0.25, -0.2) is 4.39 Å². The quantitative estimate of drug-likeness (QED) is 0.668. The molecule has 0 spiro atoms. The SMILES string of the molecule is CN(C)CCCN[C@@H]1CCN(Cc2ccc(F)cc2)C[C@H]1O.Cl.Cl.Cl. The van der Waals surface area contributed by atoms with E-state index in [1.165, 1.54) is 12.1 Å². The minimum absolute atomic E-state index is 0. The summed E-state index contributed by atoms with van der Waals surface area (Å²) in [7, 11) is 4.14. The molecule has 1 aliphatic heterocycles. The van der Waals surface area contributed by atoms with E-state index in [1.807, 2.05) is 12.1 Å². The Morgan fingerprint density at radius 3 is 2.40 bits per heavy atom. The van der Waals surface area contributed by atoms with Gasteiger partial charge in [-0.2, -0.15) is 0 Å². The Morgan fingerprint density at radius 1 is 1.20 bits per heavy atom. The number of nitrogens with one attached hydrogen (secondary N) is 1. The maximum Gasteiger partial charge on any atom is 0.123 e. The average molecular weight is 419 g/mol. The maximum atomic E-state index is 12.9. The Morgan fingerprint density at radius 2 is 1.84 bits per heavy atom. The third kappa shape index (κ3) is 9.94. The van der Waals surface area contributed by atoms with Gasteiger partial charge in [0.2, 0.25) is 0 Å². The van der Waals surface area contributed by atoms with Crippen LogP contribution in [0.1, 0.15) is 18.4 Å². The Balaban J connectivity index is 0. The van der Waals surface area contributed by atoms with Crippen LogP contribution in [0.3, 0.4) is 0 Å². The summed E-state index contributed by atoms with van der Waals surface area (Å²) in [5.74, 6) is -0.204. The second-order valence-corrected chi connectivity index (χ2v) is 6.44. The number of hydrogen-bond donors (Lipinski definition) is 2. The van der Waals surface area contributed by atoms with Crippen LogP contribution in [0.2, 0.25) is 0 Å². The lowest BCUT2D eigenvalue weighted by Crippen LogP contribution is -2.52. The summed E-state index contributed by atoms with van der Waals surface area (Å²) < 4.78 is 12.9. The zero-order valence-corrected chi connectivity index (χ0v) is 17.3. The molecular weight excluding hydrogens is 388 g/mol. The van der Waals surface area contributed by atoms with Crippen LogP contribution in [-0.2, 0) is 6.54 Å². The van der Waals surface area contributed by atoms with Crippen LogP contribution in [0.5, 0.6) is 0 Å². The fourth-order valence-electron chi connectivity index (χ4n) is 2.91. The van der Waals surface area contributed by atoms with Crippen molar-refractivity contribution in [3.05, 3.63) is 35.6 Å². The van der Waals surface area contributed by atoms with Crippen molar-refractivity contribution in [1.29, 1.82) is 0 Å². The van der Waals surface area contributed by atoms with Crippen molar-refractivity contribution in [1.82, 2.24) is 15.1 Å². The van der Waals surface area contributed by atoms with Gasteiger partial charge in [-0.05, 0) is 57.7 Å². The second kappa shape index (κ2) is 14.0. The van der Waals surface area contributed by atoms with Gasteiger partial charge in [-0.3, -0.25) is 4.90 Å². The number of rotatable bonds is 7. The molecule has 2 atom stereocenters. The first kappa shape index (κ1) is 27.1. The molecular formula is C17H31Cl3FN3O. The number of hydrogen-bond acceptors (Lipinski definition) is 4. The number of aliphatic hydroxyl groups is 1. The molecule has 0 amide bonds. The Bertz CT molecular complexity index is 451. The van der Waals surface area contributed by atoms with E-state index in [4.69, 9.17) is 0 Å². The van der Waals surface area contributed by atoms with E-state index in [-0.39, 0.29) is 55.2 Å². The van der Waals surface area contributed by atoms with E-state index in [1.54, 1.807) is 0 Å². The standard InChI is InChI=1S/C17H28FN3O.3ClH/c1-20(2)10-3-9-19-16-8-11-21(13-17(16)22)12-14-4-6-15(18)7-5-14;;;/h4-7,16-17,19,22H,3,8-13H2,1-2H3;3*1H/t16-,17-;;;/m1.../s1. The van der Waals surface area contributed by atoms with Gasteiger partial charge in [0.25, 0.3) is 0 Å². The molecule has 0 bridgehead atoms.